The van der Waals surface area contributed by atoms with Crippen molar-refractivity contribution in [3.8, 4) is 11.5 Å². The minimum absolute atomic E-state index is 0.0365. The number of aliphatic imine (C=N–C) groups is 1. The average molecular weight is 410 g/mol. The van der Waals surface area contributed by atoms with Crippen molar-refractivity contribution in [3.63, 3.8) is 0 Å². The van der Waals surface area contributed by atoms with E-state index < -0.39 is 0 Å². The Hall–Kier alpha value is -3.22. The molecule has 7 nitrogen and oxygen atoms in total. The van der Waals surface area contributed by atoms with Gasteiger partial charge >= 0.3 is 0 Å². The van der Waals surface area contributed by atoms with Gasteiger partial charge in [0, 0.05) is 18.9 Å². The summed E-state index contributed by atoms with van der Waals surface area (Å²) in [6, 6.07) is 12.2. The lowest BCUT2D eigenvalue weighted by Gasteiger charge is -2.19. The fourth-order valence-electron chi connectivity index (χ4n) is 3.28. The quantitative estimate of drug-likeness (QED) is 0.437. The summed E-state index contributed by atoms with van der Waals surface area (Å²) in [5, 5.41) is 6.77. The Morgan fingerprint density at radius 1 is 1.13 bits per heavy atom. The predicted molar refractivity (Wildman–Crippen MR) is 120 cm³/mol. The van der Waals surface area contributed by atoms with Crippen LogP contribution in [0.1, 0.15) is 43.8 Å². The van der Waals surface area contributed by atoms with Gasteiger partial charge < -0.3 is 24.5 Å². The minimum atomic E-state index is 0.0365. The standard InChI is InChI=1S/C23H31N5O2/c1-6-29-20-12-11-18(13-21(20)30-7-2)17(4)26-23(24-5)25-14-19-15-28-16(3)9-8-10-22(28)27-19/h8-13,15,17H,6-7,14H2,1-5H3,(H2,24,25,26). The molecule has 1 atom stereocenters. The summed E-state index contributed by atoms with van der Waals surface area (Å²) in [5.74, 6) is 2.23. The van der Waals surface area contributed by atoms with E-state index in [1.165, 1.54) is 0 Å². The van der Waals surface area contributed by atoms with E-state index in [1.54, 1.807) is 7.05 Å². The summed E-state index contributed by atoms with van der Waals surface area (Å²) in [6.07, 6.45) is 2.05. The zero-order valence-corrected chi connectivity index (χ0v) is 18.4. The maximum absolute atomic E-state index is 5.75. The molecule has 1 unspecified atom stereocenters. The molecule has 7 heteroatoms. The number of hydrogen-bond acceptors (Lipinski definition) is 4. The van der Waals surface area contributed by atoms with Gasteiger partial charge in [-0.25, -0.2) is 4.98 Å². The van der Waals surface area contributed by atoms with Crippen LogP contribution in [-0.4, -0.2) is 35.6 Å². The van der Waals surface area contributed by atoms with Crippen LogP contribution in [0.3, 0.4) is 0 Å². The van der Waals surface area contributed by atoms with Gasteiger partial charge in [-0.1, -0.05) is 12.1 Å². The van der Waals surface area contributed by atoms with Gasteiger partial charge in [-0.3, -0.25) is 4.99 Å². The first kappa shape index (κ1) is 21.5. The number of aryl methyl sites for hydroxylation is 1. The van der Waals surface area contributed by atoms with Crippen molar-refractivity contribution < 1.29 is 9.47 Å². The third-order valence-electron chi connectivity index (χ3n) is 4.83. The normalized spacial score (nSPS) is 12.6. The van der Waals surface area contributed by atoms with Gasteiger partial charge in [0.05, 0.1) is 31.5 Å². The lowest BCUT2D eigenvalue weighted by Crippen LogP contribution is -2.38. The number of guanidine groups is 1. The highest BCUT2D eigenvalue weighted by atomic mass is 16.5. The van der Waals surface area contributed by atoms with Crippen molar-refractivity contribution in [1.29, 1.82) is 0 Å². The first-order valence-corrected chi connectivity index (χ1v) is 10.4. The number of ether oxygens (including phenoxy) is 2. The van der Waals surface area contributed by atoms with E-state index in [0.717, 1.165) is 34.1 Å². The minimum Gasteiger partial charge on any atom is -0.490 e. The van der Waals surface area contributed by atoms with Crippen LogP contribution in [0.2, 0.25) is 0 Å². The molecular weight excluding hydrogens is 378 g/mol. The van der Waals surface area contributed by atoms with E-state index >= 15 is 0 Å². The second-order valence-corrected chi connectivity index (χ2v) is 6.99. The summed E-state index contributed by atoms with van der Waals surface area (Å²) >= 11 is 0. The maximum atomic E-state index is 5.75. The molecular formula is C23H31N5O2. The number of rotatable bonds is 8. The molecule has 0 saturated heterocycles. The van der Waals surface area contributed by atoms with Crippen molar-refractivity contribution >= 4 is 11.6 Å². The second-order valence-electron chi connectivity index (χ2n) is 6.99. The lowest BCUT2D eigenvalue weighted by molar-refractivity contribution is 0.287. The number of aromatic nitrogens is 2. The van der Waals surface area contributed by atoms with Gasteiger partial charge in [0.2, 0.25) is 0 Å². The number of fused-ring (bicyclic) bond motifs is 1. The molecule has 0 bridgehead atoms. The van der Waals surface area contributed by atoms with Crippen molar-refractivity contribution in [2.45, 2.75) is 40.3 Å². The summed E-state index contributed by atoms with van der Waals surface area (Å²) in [5.41, 5.74) is 4.15. The maximum Gasteiger partial charge on any atom is 0.191 e. The summed E-state index contributed by atoms with van der Waals surface area (Å²) < 4.78 is 13.5. The first-order valence-electron chi connectivity index (χ1n) is 10.4. The third-order valence-corrected chi connectivity index (χ3v) is 4.83. The van der Waals surface area contributed by atoms with E-state index in [-0.39, 0.29) is 6.04 Å². The zero-order chi connectivity index (χ0) is 21.5. The molecule has 3 aromatic rings. The van der Waals surface area contributed by atoms with Crippen molar-refractivity contribution in [2.75, 3.05) is 20.3 Å². The van der Waals surface area contributed by atoms with Crippen LogP contribution in [0.4, 0.5) is 0 Å². The number of pyridine rings is 1. The molecule has 0 aliphatic carbocycles. The summed E-state index contributed by atoms with van der Waals surface area (Å²) in [6.45, 7) is 9.87. The van der Waals surface area contributed by atoms with E-state index in [9.17, 15) is 0 Å². The molecule has 0 aliphatic rings. The topological polar surface area (TPSA) is 72.2 Å². The number of nitrogens with zero attached hydrogens (tertiary/aromatic N) is 3. The predicted octanol–water partition coefficient (Wildman–Crippen LogP) is 3.87. The van der Waals surface area contributed by atoms with Crippen LogP contribution in [-0.2, 0) is 6.54 Å². The molecule has 0 radical (unpaired) electrons. The van der Waals surface area contributed by atoms with Crippen LogP contribution >= 0.6 is 0 Å². The monoisotopic (exact) mass is 409 g/mol. The number of nitrogens with one attached hydrogen (secondary N) is 2. The van der Waals surface area contributed by atoms with Crippen LogP contribution in [0, 0.1) is 6.92 Å². The van der Waals surface area contributed by atoms with Gasteiger partial charge in [-0.15, -0.1) is 0 Å². The molecule has 0 amide bonds. The summed E-state index contributed by atoms with van der Waals surface area (Å²) in [4.78, 5) is 9.01. The Labute approximate surface area is 178 Å². The fraction of sp³-hybridized carbons (Fsp3) is 0.391. The number of benzene rings is 1. The van der Waals surface area contributed by atoms with E-state index in [0.29, 0.717) is 25.7 Å². The van der Waals surface area contributed by atoms with Crippen LogP contribution in [0.5, 0.6) is 11.5 Å². The number of hydrogen-bond donors (Lipinski definition) is 2. The molecule has 0 saturated carbocycles. The van der Waals surface area contributed by atoms with Gasteiger partial charge in [0.25, 0.3) is 0 Å². The Morgan fingerprint density at radius 3 is 2.60 bits per heavy atom. The van der Waals surface area contributed by atoms with Gasteiger partial charge in [-0.2, -0.15) is 0 Å². The van der Waals surface area contributed by atoms with Crippen molar-refractivity contribution in [1.82, 2.24) is 20.0 Å². The van der Waals surface area contributed by atoms with Crippen molar-refractivity contribution in [2.24, 2.45) is 4.99 Å². The SMILES string of the molecule is CCOc1ccc(C(C)NC(=NC)NCc2cn3c(C)cccc3n2)cc1OCC. The zero-order valence-electron chi connectivity index (χ0n) is 18.4. The van der Waals surface area contributed by atoms with Crippen LogP contribution in [0.15, 0.2) is 47.6 Å². The molecule has 160 valence electrons. The molecule has 30 heavy (non-hydrogen) atoms. The molecule has 0 fully saturated rings. The summed E-state index contributed by atoms with van der Waals surface area (Å²) in [7, 11) is 1.76. The molecule has 2 N–H and O–H groups in total. The average Bonchev–Trinajstić information content (AvgIpc) is 3.17. The highest BCUT2D eigenvalue weighted by Crippen LogP contribution is 2.30. The molecule has 3 rings (SSSR count). The highest BCUT2D eigenvalue weighted by Gasteiger charge is 2.13. The Balaban J connectivity index is 1.66. The Bertz CT molecular complexity index is 1010. The smallest absolute Gasteiger partial charge is 0.191 e. The van der Waals surface area contributed by atoms with Crippen LogP contribution < -0.4 is 20.1 Å². The fourth-order valence-corrected chi connectivity index (χ4v) is 3.28. The van der Waals surface area contributed by atoms with Gasteiger partial charge in [-0.05, 0) is 57.5 Å². The van der Waals surface area contributed by atoms with E-state index in [4.69, 9.17) is 9.47 Å². The molecule has 2 aromatic heterocycles. The van der Waals surface area contributed by atoms with E-state index in [2.05, 4.69) is 51.1 Å². The lowest BCUT2D eigenvalue weighted by atomic mass is 10.1. The molecule has 0 spiro atoms. The third kappa shape index (κ3) is 5.03. The van der Waals surface area contributed by atoms with Gasteiger partial charge in [0.15, 0.2) is 17.5 Å². The van der Waals surface area contributed by atoms with Gasteiger partial charge in [0.1, 0.15) is 5.65 Å². The molecule has 0 aliphatic heterocycles. The first-order chi connectivity index (χ1) is 14.5. The molecule has 1 aromatic carbocycles. The largest absolute Gasteiger partial charge is 0.490 e. The molecule has 2 heterocycles. The highest BCUT2D eigenvalue weighted by molar-refractivity contribution is 5.80. The number of imidazole rings is 1. The van der Waals surface area contributed by atoms with Crippen LogP contribution in [0.25, 0.3) is 5.65 Å². The second kappa shape index (κ2) is 10.0. The van der Waals surface area contributed by atoms with Crippen molar-refractivity contribution in [3.05, 3.63) is 59.5 Å². The Kier molecular flexibility index (Phi) is 7.17. The Morgan fingerprint density at radius 2 is 1.90 bits per heavy atom. The van der Waals surface area contributed by atoms with E-state index in [1.807, 2.05) is 44.2 Å².